The summed E-state index contributed by atoms with van der Waals surface area (Å²) >= 11 is 5.40. The van der Waals surface area contributed by atoms with E-state index in [9.17, 15) is 0 Å². The SMILES string of the molecule is Cc1ccc(N(C2=CCC(=S)CC2)c2ccc(C)cc2C)c(C)c1. The van der Waals surface area contributed by atoms with Gasteiger partial charge in [0.25, 0.3) is 0 Å². The summed E-state index contributed by atoms with van der Waals surface area (Å²) in [6, 6.07) is 13.4. The van der Waals surface area contributed by atoms with Crippen molar-refractivity contribution in [3.05, 3.63) is 70.4 Å². The van der Waals surface area contributed by atoms with Gasteiger partial charge >= 0.3 is 0 Å². The number of hydrogen-bond acceptors (Lipinski definition) is 2. The fourth-order valence-corrected chi connectivity index (χ4v) is 3.64. The molecule has 124 valence electrons. The zero-order valence-electron chi connectivity index (χ0n) is 15.0. The van der Waals surface area contributed by atoms with Crippen LogP contribution < -0.4 is 4.90 Å². The van der Waals surface area contributed by atoms with Crippen LogP contribution in [0.25, 0.3) is 0 Å². The average molecular weight is 336 g/mol. The Balaban J connectivity index is 2.15. The van der Waals surface area contributed by atoms with E-state index in [2.05, 4.69) is 75.1 Å². The lowest BCUT2D eigenvalue weighted by Gasteiger charge is -2.32. The maximum absolute atomic E-state index is 5.40. The van der Waals surface area contributed by atoms with Crippen LogP contribution in [0.5, 0.6) is 0 Å². The highest BCUT2D eigenvalue weighted by molar-refractivity contribution is 7.80. The van der Waals surface area contributed by atoms with Crippen LogP contribution in [0.15, 0.2) is 48.2 Å². The summed E-state index contributed by atoms with van der Waals surface area (Å²) < 4.78 is 0. The standard InChI is InChI=1S/C22H25NS/c1-15-5-11-21(17(3)13-15)23(19-7-9-20(24)10-8-19)22-12-6-16(2)14-18(22)4/h5-7,11-14H,8-10H2,1-4H3. The normalized spacial score (nSPS) is 14.5. The molecule has 0 saturated heterocycles. The highest BCUT2D eigenvalue weighted by Crippen LogP contribution is 2.37. The van der Waals surface area contributed by atoms with Gasteiger partial charge in [-0.15, -0.1) is 0 Å². The van der Waals surface area contributed by atoms with E-state index in [-0.39, 0.29) is 0 Å². The van der Waals surface area contributed by atoms with Crippen molar-refractivity contribution in [1.82, 2.24) is 0 Å². The molecule has 0 atom stereocenters. The summed E-state index contributed by atoms with van der Waals surface area (Å²) in [6.07, 6.45) is 5.24. The molecule has 0 amide bonds. The monoisotopic (exact) mass is 335 g/mol. The Labute approximate surface area is 151 Å². The lowest BCUT2D eigenvalue weighted by molar-refractivity contribution is 0.917. The number of nitrogens with zero attached hydrogens (tertiary/aromatic N) is 1. The molecule has 0 fully saturated rings. The Morgan fingerprint density at radius 1 is 0.792 bits per heavy atom. The molecule has 3 rings (SSSR count). The molecule has 1 aliphatic rings. The molecular weight excluding hydrogens is 310 g/mol. The minimum absolute atomic E-state index is 0.914. The number of benzene rings is 2. The van der Waals surface area contributed by atoms with Crippen molar-refractivity contribution in [3.63, 3.8) is 0 Å². The van der Waals surface area contributed by atoms with Crippen LogP contribution in [0.2, 0.25) is 0 Å². The van der Waals surface area contributed by atoms with Gasteiger partial charge in [-0.3, -0.25) is 0 Å². The number of allylic oxidation sites excluding steroid dienone is 2. The molecular formula is C22H25NS. The molecule has 2 aromatic carbocycles. The molecule has 0 saturated carbocycles. The summed E-state index contributed by atoms with van der Waals surface area (Å²) in [4.78, 5) is 3.60. The predicted octanol–water partition coefficient (Wildman–Crippen LogP) is 6.50. The first-order valence-electron chi connectivity index (χ1n) is 8.61. The summed E-state index contributed by atoms with van der Waals surface area (Å²) in [7, 11) is 0. The van der Waals surface area contributed by atoms with Crippen molar-refractivity contribution >= 4 is 28.5 Å². The van der Waals surface area contributed by atoms with Crippen LogP contribution in [-0.4, -0.2) is 4.86 Å². The molecule has 0 spiro atoms. The van der Waals surface area contributed by atoms with E-state index in [1.165, 1.54) is 44.2 Å². The van der Waals surface area contributed by atoms with Gasteiger partial charge in [0.05, 0.1) is 0 Å². The predicted molar refractivity (Wildman–Crippen MR) is 109 cm³/mol. The Kier molecular flexibility index (Phi) is 4.86. The molecule has 0 aliphatic heterocycles. The first-order chi connectivity index (χ1) is 11.5. The molecule has 0 bridgehead atoms. The van der Waals surface area contributed by atoms with Gasteiger partial charge in [-0.1, -0.05) is 53.7 Å². The van der Waals surface area contributed by atoms with Crippen molar-refractivity contribution in [2.24, 2.45) is 0 Å². The third kappa shape index (κ3) is 3.44. The zero-order valence-corrected chi connectivity index (χ0v) is 15.8. The van der Waals surface area contributed by atoms with Gasteiger partial charge in [-0.25, -0.2) is 0 Å². The largest absolute Gasteiger partial charge is 0.314 e. The molecule has 1 aliphatic carbocycles. The molecule has 0 heterocycles. The molecule has 0 unspecified atom stereocenters. The maximum Gasteiger partial charge on any atom is 0.0487 e. The van der Waals surface area contributed by atoms with Gasteiger partial charge in [-0.05, 0) is 75.1 Å². The lowest BCUT2D eigenvalue weighted by Crippen LogP contribution is -2.21. The highest BCUT2D eigenvalue weighted by atomic mass is 32.1. The smallest absolute Gasteiger partial charge is 0.0487 e. The van der Waals surface area contributed by atoms with Crippen LogP contribution in [0.4, 0.5) is 11.4 Å². The third-order valence-electron chi connectivity index (χ3n) is 4.70. The highest BCUT2D eigenvalue weighted by Gasteiger charge is 2.20. The lowest BCUT2D eigenvalue weighted by atomic mass is 9.99. The second-order valence-electron chi connectivity index (χ2n) is 6.85. The Morgan fingerprint density at radius 2 is 1.33 bits per heavy atom. The van der Waals surface area contributed by atoms with Gasteiger partial charge in [0, 0.05) is 17.1 Å². The first-order valence-corrected chi connectivity index (χ1v) is 9.02. The zero-order chi connectivity index (χ0) is 17.3. The summed E-state index contributed by atoms with van der Waals surface area (Å²) in [5.74, 6) is 0. The Hall–Kier alpha value is -1.93. The van der Waals surface area contributed by atoms with Crippen molar-refractivity contribution in [3.8, 4) is 0 Å². The molecule has 24 heavy (non-hydrogen) atoms. The van der Waals surface area contributed by atoms with Gasteiger partial charge < -0.3 is 4.90 Å². The topological polar surface area (TPSA) is 3.24 Å². The molecule has 0 aromatic heterocycles. The average Bonchev–Trinajstić information content (AvgIpc) is 2.53. The number of thiocarbonyl (C=S) groups is 1. The van der Waals surface area contributed by atoms with Crippen LogP contribution >= 0.6 is 12.2 Å². The van der Waals surface area contributed by atoms with Crippen LogP contribution in [0.1, 0.15) is 41.5 Å². The van der Waals surface area contributed by atoms with Crippen molar-refractivity contribution < 1.29 is 0 Å². The summed E-state index contributed by atoms with van der Waals surface area (Å²) in [5.41, 5.74) is 9.13. The van der Waals surface area contributed by atoms with E-state index in [0.717, 1.165) is 19.3 Å². The van der Waals surface area contributed by atoms with E-state index in [0.29, 0.717) is 0 Å². The fourth-order valence-electron chi connectivity index (χ4n) is 3.46. The van der Waals surface area contributed by atoms with Crippen molar-refractivity contribution in [2.45, 2.75) is 47.0 Å². The van der Waals surface area contributed by atoms with Crippen LogP contribution in [-0.2, 0) is 0 Å². The summed E-state index contributed by atoms with van der Waals surface area (Å²) in [5, 5.41) is 0. The molecule has 2 heteroatoms. The van der Waals surface area contributed by atoms with Crippen LogP contribution in [0, 0.1) is 27.7 Å². The van der Waals surface area contributed by atoms with E-state index in [1.54, 1.807) is 0 Å². The molecule has 0 radical (unpaired) electrons. The minimum atomic E-state index is 0.914. The second-order valence-corrected chi connectivity index (χ2v) is 7.43. The van der Waals surface area contributed by atoms with E-state index in [1.807, 2.05) is 0 Å². The quantitative estimate of drug-likeness (QED) is 0.589. The van der Waals surface area contributed by atoms with Crippen LogP contribution in [0.3, 0.4) is 0 Å². The molecule has 2 aromatic rings. The number of hydrogen-bond donors (Lipinski definition) is 0. The number of aryl methyl sites for hydroxylation is 4. The third-order valence-corrected chi connectivity index (χ3v) is 5.07. The maximum atomic E-state index is 5.40. The Bertz CT molecular complexity index is 765. The number of rotatable bonds is 3. The molecule has 1 nitrogen and oxygen atoms in total. The van der Waals surface area contributed by atoms with Gasteiger partial charge in [0.2, 0.25) is 0 Å². The van der Waals surface area contributed by atoms with E-state index in [4.69, 9.17) is 12.2 Å². The first kappa shape index (κ1) is 16.9. The van der Waals surface area contributed by atoms with E-state index < -0.39 is 0 Å². The number of anilines is 2. The fraction of sp³-hybridized carbons (Fsp3) is 0.318. The minimum Gasteiger partial charge on any atom is -0.314 e. The van der Waals surface area contributed by atoms with Crippen molar-refractivity contribution in [1.29, 1.82) is 0 Å². The molecule has 0 N–H and O–H groups in total. The van der Waals surface area contributed by atoms with Crippen molar-refractivity contribution in [2.75, 3.05) is 4.90 Å². The van der Waals surface area contributed by atoms with Gasteiger partial charge in [-0.2, -0.15) is 0 Å². The Morgan fingerprint density at radius 3 is 1.75 bits per heavy atom. The van der Waals surface area contributed by atoms with E-state index >= 15 is 0 Å². The van der Waals surface area contributed by atoms with Gasteiger partial charge in [0.15, 0.2) is 0 Å². The van der Waals surface area contributed by atoms with Gasteiger partial charge in [0.1, 0.15) is 0 Å². The second kappa shape index (κ2) is 6.90. The summed E-state index contributed by atoms with van der Waals surface area (Å²) in [6.45, 7) is 8.70.